The van der Waals surface area contributed by atoms with E-state index in [1.807, 2.05) is 38.1 Å². The van der Waals surface area contributed by atoms with Gasteiger partial charge in [-0.1, -0.05) is 62.4 Å². The lowest BCUT2D eigenvalue weighted by Gasteiger charge is -2.17. The molecule has 0 saturated heterocycles. The summed E-state index contributed by atoms with van der Waals surface area (Å²) in [4.78, 5) is 24.1. The van der Waals surface area contributed by atoms with Crippen LogP contribution in [0.25, 0.3) is 11.1 Å². The average molecular weight is 336 g/mol. The quantitative estimate of drug-likeness (QED) is 0.783. The van der Waals surface area contributed by atoms with Crippen molar-refractivity contribution in [2.24, 2.45) is 11.8 Å². The maximum Gasteiger partial charge on any atom is 0.306 e. The average Bonchev–Trinajstić information content (AvgIpc) is 2.88. The zero-order valence-electron chi connectivity index (χ0n) is 14.7. The first-order valence-corrected chi connectivity index (χ1v) is 8.90. The molecule has 2 aromatic rings. The van der Waals surface area contributed by atoms with Gasteiger partial charge in [0.1, 0.15) is 5.78 Å². The van der Waals surface area contributed by atoms with Crippen LogP contribution in [0.1, 0.15) is 50.2 Å². The van der Waals surface area contributed by atoms with E-state index in [2.05, 4.69) is 24.3 Å². The fourth-order valence-electron chi connectivity index (χ4n) is 3.91. The summed E-state index contributed by atoms with van der Waals surface area (Å²) < 4.78 is 0. The zero-order chi connectivity index (χ0) is 18.0. The summed E-state index contributed by atoms with van der Waals surface area (Å²) >= 11 is 0. The van der Waals surface area contributed by atoms with Crippen molar-refractivity contribution in [1.82, 2.24) is 0 Å². The largest absolute Gasteiger partial charge is 0.481 e. The van der Waals surface area contributed by atoms with Gasteiger partial charge >= 0.3 is 5.97 Å². The molecule has 0 radical (unpaired) electrons. The number of fused-ring (bicyclic) bond motifs is 3. The fraction of sp³-hybridized carbons (Fsp3) is 0.364. The topological polar surface area (TPSA) is 54.4 Å². The van der Waals surface area contributed by atoms with E-state index in [0.717, 1.165) is 0 Å². The van der Waals surface area contributed by atoms with Gasteiger partial charge in [0.2, 0.25) is 0 Å². The van der Waals surface area contributed by atoms with Gasteiger partial charge in [-0.3, -0.25) is 9.59 Å². The first kappa shape index (κ1) is 17.4. The number of ketones is 1. The molecule has 0 aromatic heterocycles. The number of carbonyl (C=O) groups is 2. The van der Waals surface area contributed by atoms with Gasteiger partial charge in [0.15, 0.2) is 0 Å². The maximum absolute atomic E-state index is 12.7. The normalized spacial score (nSPS) is 14.2. The third-order valence-corrected chi connectivity index (χ3v) is 4.97. The van der Waals surface area contributed by atoms with Crippen LogP contribution in [0.2, 0.25) is 0 Å². The molecule has 1 atom stereocenters. The van der Waals surface area contributed by atoms with Crippen molar-refractivity contribution >= 4 is 11.8 Å². The molecule has 3 nitrogen and oxygen atoms in total. The Morgan fingerprint density at radius 1 is 0.960 bits per heavy atom. The Kier molecular flexibility index (Phi) is 5.03. The van der Waals surface area contributed by atoms with Crippen LogP contribution in [-0.4, -0.2) is 16.9 Å². The van der Waals surface area contributed by atoms with Gasteiger partial charge in [-0.25, -0.2) is 0 Å². The van der Waals surface area contributed by atoms with Gasteiger partial charge in [0.25, 0.3) is 0 Å². The first-order valence-electron chi connectivity index (χ1n) is 8.90. The van der Waals surface area contributed by atoms with Crippen molar-refractivity contribution in [3.63, 3.8) is 0 Å². The summed E-state index contributed by atoms with van der Waals surface area (Å²) in [5.74, 6) is -1.12. The highest BCUT2D eigenvalue weighted by atomic mass is 16.4. The molecule has 25 heavy (non-hydrogen) atoms. The lowest BCUT2D eigenvalue weighted by atomic mass is 9.86. The minimum atomic E-state index is -0.866. The monoisotopic (exact) mass is 336 g/mol. The molecule has 0 heterocycles. The second-order valence-electron chi connectivity index (χ2n) is 7.34. The van der Waals surface area contributed by atoms with Crippen LogP contribution in [0.3, 0.4) is 0 Å². The Morgan fingerprint density at radius 3 is 1.96 bits per heavy atom. The highest BCUT2D eigenvalue weighted by Gasteiger charge is 2.31. The number of benzene rings is 2. The minimum absolute atomic E-state index is 0.0320. The number of hydrogen-bond donors (Lipinski definition) is 1. The first-order chi connectivity index (χ1) is 12.0. The van der Waals surface area contributed by atoms with E-state index in [0.29, 0.717) is 12.8 Å². The van der Waals surface area contributed by atoms with E-state index in [1.165, 1.54) is 22.3 Å². The molecular weight excluding hydrogens is 312 g/mol. The molecule has 0 aliphatic heterocycles. The van der Waals surface area contributed by atoms with Gasteiger partial charge < -0.3 is 5.11 Å². The molecule has 0 saturated carbocycles. The highest BCUT2D eigenvalue weighted by molar-refractivity contribution is 5.87. The number of carboxylic acid groups (broad SMARTS) is 1. The third kappa shape index (κ3) is 3.65. The lowest BCUT2D eigenvalue weighted by molar-refractivity contribution is -0.144. The van der Waals surface area contributed by atoms with Crippen molar-refractivity contribution in [3.8, 4) is 11.1 Å². The smallest absolute Gasteiger partial charge is 0.306 e. The van der Waals surface area contributed by atoms with Crippen LogP contribution in [0.5, 0.6) is 0 Å². The van der Waals surface area contributed by atoms with E-state index >= 15 is 0 Å². The Hall–Kier alpha value is -2.42. The van der Waals surface area contributed by atoms with E-state index in [1.54, 1.807) is 0 Å². The van der Waals surface area contributed by atoms with E-state index in [9.17, 15) is 14.7 Å². The zero-order valence-corrected chi connectivity index (χ0v) is 14.7. The van der Waals surface area contributed by atoms with Crippen LogP contribution < -0.4 is 0 Å². The Balaban J connectivity index is 1.81. The molecule has 0 amide bonds. The molecule has 0 bridgehead atoms. The van der Waals surface area contributed by atoms with Crippen molar-refractivity contribution in [3.05, 3.63) is 59.7 Å². The van der Waals surface area contributed by atoms with Crippen molar-refractivity contribution in [2.75, 3.05) is 0 Å². The molecule has 130 valence electrons. The van der Waals surface area contributed by atoms with Crippen molar-refractivity contribution in [1.29, 1.82) is 0 Å². The number of rotatable bonds is 7. The van der Waals surface area contributed by atoms with Gasteiger partial charge in [-0.2, -0.15) is 0 Å². The Morgan fingerprint density at radius 2 is 1.48 bits per heavy atom. The predicted molar refractivity (Wildman–Crippen MR) is 98.5 cm³/mol. The van der Waals surface area contributed by atoms with Gasteiger partial charge in [0, 0.05) is 18.8 Å². The summed E-state index contributed by atoms with van der Waals surface area (Å²) in [6.45, 7) is 3.98. The van der Waals surface area contributed by atoms with E-state index < -0.39 is 11.9 Å². The molecule has 0 unspecified atom stereocenters. The molecular formula is C22H24O3. The molecule has 1 N–H and O–H groups in total. The minimum Gasteiger partial charge on any atom is -0.481 e. The standard InChI is InChI=1S/C22H24O3/c1-14(2)11-15(22(24)25)12-16(23)13-21-19-9-5-3-7-17(19)18-8-4-6-10-20(18)21/h3-10,14-15,21H,11-13H2,1-2H3,(H,24,25)/t15-/m1/s1. The van der Waals surface area contributed by atoms with Crippen LogP contribution in [-0.2, 0) is 9.59 Å². The summed E-state index contributed by atoms with van der Waals surface area (Å²) in [5, 5.41) is 9.40. The molecule has 3 heteroatoms. The number of carboxylic acids is 1. The Labute approximate surface area is 148 Å². The number of hydrogen-bond acceptors (Lipinski definition) is 2. The van der Waals surface area contributed by atoms with Crippen LogP contribution in [0.4, 0.5) is 0 Å². The molecule has 1 aliphatic rings. The second kappa shape index (κ2) is 7.22. The summed E-state index contributed by atoms with van der Waals surface area (Å²) in [6.07, 6.45) is 1.03. The maximum atomic E-state index is 12.7. The molecule has 2 aromatic carbocycles. The van der Waals surface area contributed by atoms with Crippen LogP contribution >= 0.6 is 0 Å². The van der Waals surface area contributed by atoms with Gasteiger partial charge in [-0.05, 0) is 34.6 Å². The second-order valence-corrected chi connectivity index (χ2v) is 7.34. The highest BCUT2D eigenvalue weighted by Crippen LogP contribution is 2.46. The SMILES string of the molecule is CC(C)C[C@H](CC(=O)CC1c2ccccc2-c2ccccc21)C(=O)O. The molecule has 1 aliphatic carbocycles. The van der Waals surface area contributed by atoms with Gasteiger partial charge in [-0.15, -0.1) is 0 Å². The fourth-order valence-corrected chi connectivity index (χ4v) is 3.91. The summed E-state index contributed by atoms with van der Waals surface area (Å²) in [6, 6.07) is 16.4. The summed E-state index contributed by atoms with van der Waals surface area (Å²) in [5.41, 5.74) is 4.72. The van der Waals surface area contributed by atoms with Crippen LogP contribution in [0, 0.1) is 11.8 Å². The number of carbonyl (C=O) groups excluding carboxylic acids is 1. The van der Waals surface area contributed by atoms with Crippen molar-refractivity contribution < 1.29 is 14.7 Å². The lowest BCUT2D eigenvalue weighted by Crippen LogP contribution is -2.20. The van der Waals surface area contributed by atoms with E-state index in [4.69, 9.17) is 0 Å². The number of Topliss-reactive ketones (excluding diaryl/α,β-unsaturated/α-hetero) is 1. The van der Waals surface area contributed by atoms with E-state index in [-0.39, 0.29) is 24.0 Å². The van der Waals surface area contributed by atoms with Gasteiger partial charge in [0.05, 0.1) is 5.92 Å². The summed E-state index contributed by atoms with van der Waals surface area (Å²) in [7, 11) is 0. The van der Waals surface area contributed by atoms with Crippen molar-refractivity contribution in [2.45, 2.75) is 39.0 Å². The third-order valence-electron chi connectivity index (χ3n) is 4.97. The molecule has 0 spiro atoms. The predicted octanol–water partition coefficient (Wildman–Crippen LogP) is 4.90. The molecule has 3 rings (SSSR count). The van der Waals surface area contributed by atoms with Crippen LogP contribution in [0.15, 0.2) is 48.5 Å². The number of aliphatic carboxylic acids is 1. The molecule has 0 fully saturated rings. The Bertz CT molecular complexity index is 746.